The molecule has 3 rings (SSSR count). The first-order chi connectivity index (χ1) is 11.4. The largest absolute Gasteiger partial charge is 0.504 e. The summed E-state index contributed by atoms with van der Waals surface area (Å²) in [5.74, 6) is -0.458. The first-order valence-electron chi connectivity index (χ1n) is 6.82. The summed E-state index contributed by atoms with van der Waals surface area (Å²) in [4.78, 5) is 0. The third-order valence-corrected chi connectivity index (χ3v) is 2.65. The summed E-state index contributed by atoms with van der Waals surface area (Å²) < 4.78 is 0. The van der Waals surface area contributed by atoms with Gasteiger partial charge in [0.25, 0.3) is 0 Å². The van der Waals surface area contributed by atoms with E-state index >= 15 is 0 Å². The number of hydrogen-bond acceptors (Lipinski definition) is 6. The van der Waals surface area contributed by atoms with Gasteiger partial charge in [0.1, 0.15) is 0 Å². The van der Waals surface area contributed by atoms with E-state index in [-0.39, 0.29) is 56.9 Å². The van der Waals surface area contributed by atoms with E-state index in [1.54, 1.807) is 36.4 Å². The van der Waals surface area contributed by atoms with Crippen LogP contribution < -0.4 is 0 Å². The van der Waals surface area contributed by atoms with Crippen LogP contribution >= 0.6 is 0 Å². The summed E-state index contributed by atoms with van der Waals surface area (Å²) in [7, 11) is 0. The smallest absolute Gasteiger partial charge is 0.157 e. The van der Waals surface area contributed by atoms with Gasteiger partial charge in [-0.25, -0.2) is 0 Å². The molecular weight excluding hydrogens is 493 g/mol. The van der Waals surface area contributed by atoms with E-state index in [2.05, 4.69) is 0 Å². The van der Waals surface area contributed by atoms with Gasteiger partial charge in [0, 0.05) is 22.4 Å². The Morgan fingerprint density at radius 3 is 0.520 bits per heavy atom. The van der Waals surface area contributed by atoms with Gasteiger partial charge in [-0.05, 0) is 36.4 Å². The third kappa shape index (κ3) is 8.57. The van der Waals surface area contributed by atoms with Crippen LogP contribution in [0.4, 0.5) is 0 Å². The average Bonchev–Trinajstić information content (AvgIpc) is 2.57. The monoisotopic (exact) mass is 511 g/mol. The predicted molar refractivity (Wildman–Crippen MR) is 89.3 cm³/mol. The second-order valence-electron chi connectivity index (χ2n) is 4.47. The van der Waals surface area contributed by atoms with Crippen molar-refractivity contribution in [2.75, 3.05) is 0 Å². The molecule has 0 saturated heterocycles. The summed E-state index contributed by atoms with van der Waals surface area (Å²) in [5, 5.41) is 52.0. The Kier molecular flexibility index (Phi) is 10.4. The van der Waals surface area contributed by atoms with E-state index < -0.39 is 0 Å². The minimum absolute atomic E-state index is 0. The van der Waals surface area contributed by atoms with Crippen LogP contribution in [0.1, 0.15) is 0 Å². The van der Waals surface area contributed by atoms with E-state index in [0.717, 1.165) is 0 Å². The number of benzene rings is 3. The summed E-state index contributed by atoms with van der Waals surface area (Å²) in [6.07, 6.45) is 0. The Morgan fingerprint density at radius 1 is 0.320 bits per heavy atom. The maximum absolute atomic E-state index is 8.67. The Balaban J connectivity index is 0.000000339. The van der Waals surface area contributed by atoms with Crippen LogP contribution in [0.3, 0.4) is 0 Å². The van der Waals surface area contributed by atoms with E-state index in [0.29, 0.717) is 0 Å². The molecule has 0 aromatic heterocycles. The van der Waals surface area contributed by atoms with Crippen molar-refractivity contribution in [1.29, 1.82) is 0 Å². The topological polar surface area (TPSA) is 121 Å². The van der Waals surface area contributed by atoms with Crippen molar-refractivity contribution in [2.24, 2.45) is 0 Å². The van der Waals surface area contributed by atoms with Gasteiger partial charge < -0.3 is 30.6 Å². The molecule has 1 radical (unpaired) electrons. The molecule has 7 heteroatoms. The minimum Gasteiger partial charge on any atom is -0.504 e. The molecule has 6 N–H and O–H groups in total. The average molecular weight is 511 g/mol. The van der Waals surface area contributed by atoms with Crippen molar-refractivity contribution >= 4 is 0 Å². The van der Waals surface area contributed by atoms with E-state index in [1.165, 1.54) is 36.4 Å². The molecule has 0 unspecified atom stereocenters. The second kappa shape index (κ2) is 11.7. The van der Waals surface area contributed by atoms with Gasteiger partial charge in [-0.3, -0.25) is 0 Å². The van der Waals surface area contributed by atoms with Gasteiger partial charge in [0.2, 0.25) is 0 Å². The fraction of sp³-hybridized carbons (Fsp3) is 0. The molecule has 0 heterocycles. The van der Waals surface area contributed by atoms with Gasteiger partial charge >= 0.3 is 0 Å². The Hall–Kier alpha value is -2.80. The summed E-state index contributed by atoms with van der Waals surface area (Å²) in [6, 6.07) is 18.4. The van der Waals surface area contributed by atoms with Crippen molar-refractivity contribution in [3.8, 4) is 34.5 Å². The molecule has 0 atom stereocenters. The van der Waals surface area contributed by atoms with Gasteiger partial charge in [-0.15, -0.1) is 0 Å². The quantitative estimate of drug-likeness (QED) is 0.258. The first-order valence-corrected chi connectivity index (χ1v) is 6.82. The Bertz CT molecular complexity index is 597. The summed E-state index contributed by atoms with van der Waals surface area (Å²) in [6.45, 7) is 0. The van der Waals surface area contributed by atoms with Crippen LogP contribution in [0.15, 0.2) is 72.8 Å². The van der Waals surface area contributed by atoms with Crippen molar-refractivity contribution < 1.29 is 53.0 Å². The number of hydrogen-bond donors (Lipinski definition) is 6. The molecule has 6 nitrogen and oxygen atoms in total. The molecule has 0 spiro atoms. The van der Waals surface area contributed by atoms with Crippen LogP contribution in [0.25, 0.3) is 0 Å². The van der Waals surface area contributed by atoms with E-state index in [4.69, 9.17) is 30.6 Å². The molecule has 0 fully saturated rings. The van der Waals surface area contributed by atoms with E-state index in [9.17, 15) is 0 Å². The number of para-hydroxylation sites is 6. The maximum Gasteiger partial charge on any atom is 0.157 e. The molecule has 25 heavy (non-hydrogen) atoms. The molecule has 0 saturated carbocycles. The molecule has 0 amide bonds. The standard InChI is InChI=1S/3C6H6O2.Ta/c3*7-5-3-1-2-4-6(5)8;/h3*1-4,7-8H;. The van der Waals surface area contributed by atoms with Crippen LogP contribution in [-0.4, -0.2) is 30.6 Å². The van der Waals surface area contributed by atoms with Crippen LogP contribution in [0.2, 0.25) is 0 Å². The molecule has 0 aliphatic rings. The molecule has 131 valence electrons. The summed E-state index contributed by atoms with van der Waals surface area (Å²) >= 11 is 0. The third-order valence-electron chi connectivity index (χ3n) is 2.65. The SMILES string of the molecule is Oc1ccccc1O.Oc1ccccc1O.Oc1ccccc1O.[Ta]. The zero-order chi connectivity index (χ0) is 17.9. The van der Waals surface area contributed by atoms with Crippen molar-refractivity contribution in [3.05, 3.63) is 72.8 Å². The molecular formula is C18H18O6Ta. The molecule has 0 aliphatic carbocycles. The first kappa shape index (κ1) is 22.2. The van der Waals surface area contributed by atoms with Gasteiger partial charge in [-0.2, -0.15) is 0 Å². The van der Waals surface area contributed by atoms with Crippen molar-refractivity contribution in [2.45, 2.75) is 0 Å². The van der Waals surface area contributed by atoms with Crippen LogP contribution in [0, 0.1) is 0 Å². The normalized spacial score (nSPS) is 8.64. The Labute approximate surface area is 160 Å². The summed E-state index contributed by atoms with van der Waals surface area (Å²) in [5.41, 5.74) is 0. The Morgan fingerprint density at radius 2 is 0.440 bits per heavy atom. The van der Waals surface area contributed by atoms with Gasteiger partial charge in [0.05, 0.1) is 0 Å². The van der Waals surface area contributed by atoms with Crippen molar-refractivity contribution in [1.82, 2.24) is 0 Å². The van der Waals surface area contributed by atoms with Gasteiger partial charge in [0.15, 0.2) is 34.5 Å². The molecule has 0 aliphatic heterocycles. The molecule has 0 bridgehead atoms. The molecule has 3 aromatic carbocycles. The molecule has 3 aromatic rings. The van der Waals surface area contributed by atoms with Crippen LogP contribution in [0.5, 0.6) is 34.5 Å². The zero-order valence-electron chi connectivity index (χ0n) is 13.1. The second-order valence-corrected chi connectivity index (χ2v) is 4.47. The number of phenols is 6. The van der Waals surface area contributed by atoms with Gasteiger partial charge in [-0.1, -0.05) is 36.4 Å². The fourth-order valence-electron chi connectivity index (χ4n) is 1.39. The number of phenolic OH excluding ortho intramolecular Hbond substituents is 6. The number of rotatable bonds is 0. The predicted octanol–water partition coefficient (Wildman–Crippen LogP) is 3.29. The van der Waals surface area contributed by atoms with E-state index in [1.807, 2.05) is 0 Å². The van der Waals surface area contributed by atoms with Crippen molar-refractivity contribution in [3.63, 3.8) is 0 Å². The zero-order valence-corrected chi connectivity index (χ0v) is 16.3. The maximum atomic E-state index is 8.67. The minimum atomic E-state index is -0.0764. The fourth-order valence-corrected chi connectivity index (χ4v) is 1.39. The van der Waals surface area contributed by atoms with Crippen LogP contribution in [-0.2, 0) is 22.4 Å². The number of aromatic hydroxyl groups is 6.